The van der Waals surface area contributed by atoms with Gasteiger partial charge >= 0.3 is 0 Å². The highest BCUT2D eigenvalue weighted by Crippen LogP contribution is 2.38. The molecule has 0 aliphatic rings. The summed E-state index contributed by atoms with van der Waals surface area (Å²) >= 11 is 0. The highest BCUT2D eigenvalue weighted by Gasteiger charge is 2.11. The first-order valence-corrected chi connectivity index (χ1v) is 4.10. The van der Waals surface area contributed by atoms with E-state index < -0.39 is 0 Å². The number of benzene rings is 1. The van der Waals surface area contributed by atoms with Crippen molar-refractivity contribution in [1.82, 2.24) is 0 Å². The van der Waals surface area contributed by atoms with Crippen molar-refractivity contribution in [3.63, 3.8) is 0 Å². The lowest BCUT2D eigenvalue weighted by Crippen LogP contribution is -1.82. The van der Waals surface area contributed by atoms with Crippen LogP contribution in [0.5, 0.6) is 5.75 Å². The number of aryl methyl sites for hydroxylation is 1. The van der Waals surface area contributed by atoms with Crippen LogP contribution in [0.25, 0.3) is 0 Å². The molecule has 0 radical (unpaired) electrons. The van der Waals surface area contributed by atoms with E-state index in [0.29, 0.717) is 11.1 Å². The molecule has 0 atom stereocenters. The lowest BCUT2D eigenvalue weighted by molar-refractivity contribution is 0.467. The van der Waals surface area contributed by atoms with Gasteiger partial charge < -0.3 is 5.11 Å². The normalized spacial score (nSPS) is 8.93. The first-order valence-electron chi connectivity index (χ1n) is 4.10. The molecule has 5 nitrogen and oxygen atoms in total. The molecular formula is C10H8N2O3. The first-order chi connectivity index (χ1) is 7.11. The summed E-state index contributed by atoms with van der Waals surface area (Å²) in [6, 6.07) is 1.45. The summed E-state index contributed by atoms with van der Waals surface area (Å²) in [5.41, 5.74) is 1.26. The van der Waals surface area contributed by atoms with Gasteiger partial charge in [0.1, 0.15) is 17.1 Å². The van der Waals surface area contributed by atoms with E-state index >= 15 is 0 Å². The molecule has 1 aromatic carbocycles. The van der Waals surface area contributed by atoms with Crippen LogP contribution >= 0.6 is 0 Å². The van der Waals surface area contributed by atoms with Gasteiger partial charge in [0.2, 0.25) is 12.2 Å². The van der Waals surface area contributed by atoms with Gasteiger partial charge in [-0.3, -0.25) is 0 Å². The molecule has 0 heterocycles. The molecule has 0 saturated carbocycles. The first kappa shape index (κ1) is 10.9. The zero-order valence-electron chi connectivity index (χ0n) is 8.24. The molecule has 1 aromatic rings. The van der Waals surface area contributed by atoms with E-state index in [-0.39, 0.29) is 17.1 Å². The van der Waals surface area contributed by atoms with Crippen LogP contribution in [0.3, 0.4) is 0 Å². The molecule has 0 bridgehead atoms. The second kappa shape index (κ2) is 4.33. The fraction of sp³-hybridized carbons (Fsp3) is 0.200. The molecule has 0 unspecified atom stereocenters. The lowest BCUT2D eigenvalue weighted by Gasteiger charge is -2.07. The Labute approximate surface area is 85.8 Å². The van der Waals surface area contributed by atoms with Crippen LogP contribution in [0.15, 0.2) is 16.1 Å². The molecule has 76 valence electrons. The van der Waals surface area contributed by atoms with Gasteiger partial charge in [-0.25, -0.2) is 9.59 Å². The van der Waals surface area contributed by atoms with E-state index in [1.807, 2.05) is 0 Å². The van der Waals surface area contributed by atoms with Gasteiger partial charge in [0.25, 0.3) is 0 Å². The number of aromatic hydroxyl groups is 1. The van der Waals surface area contributed by atoms with Gasteiger partial charge in [-0.15, -0.1) is 0 Å². The third-order valence-electron chi connectivity index (χ3n) is 2.00. The maximum absolute atomic E-state index is 10.2. The second-order valence-corrected chi connectivity index (χ2v) is 2.94. The van der Waals surface area contributed by atoms with Crippen LogP contribution < -0.4 is 0 Å². The van der Waals surface area contributed by atoms with E-state index in [2.05, 4.69) is 9.98 Å². The molecule has 1 N–H and O–H groups in total. The molecule has 0 aliphatic heterocycles. The van der Waals surface area contributed by atoms with Crippen LogP contribution in [-0.2, 0) is 9.59 Å². The van der Waals surface area contributed by atoms with Crippen LogP contribution in [0, 0.1) is 13.8 Å². The van der Waals surface area contributed by atoms with Gasteiger partial charge in [0, 0.05) is 5.56 Å². The minimum absolute atomic E-state index is 0.0221. The SMILES string of the molecule is Cc1cc(N=C=O)c(N=C=O)c(C)c1O. The molecule has 0 saturated heterocycles. The van der Waals surface area contributed by atoms with Crippen molar-refractivity contribution in [2.75, 3.05) is 0 Å². The predicted octanol–water partition coefficient (Wildman–Crippen LogP) is 1.94. The molecule has 0 spiro atoms. The molecule has 0 aromatic heterocycles. The Hall–Kier alpha value is -2.22. The van der Waals surface area contributed by atoms with Crippen molar-refractivity contribution in [2.24, 2.45) is 9.98 Å². The Balaban J connectivity index is 3.64. The van der Waals surface area contributed by atoms with E-state index in [1.165, 1.54) is 18.2 Å². The second-order valence-electron chi connectivity index (χ2n) is 2.94. The summed E-state index contributed by atoms with van der Waals surface area (Å²) in [7, 11) is 0. The van der Waals surface area contributed by atoms with Crippen molar-refractivity contribution >= 4 is 23.5 Å². The number of rotatable bonds is 2. The van der Waals surface area contributed by atoms with Gasteiger partial charge in [-0.1, -0.05) is 0 Å². The maximum Gasteiger partial charge on any atom is 0.240 e. The highest BCUT2D eigenvalue weighted by molar-refractivity contribution is 5.75. The molecule has 15 heavy (non-hydrogen) atoms. The summed E-state index contributed by atoms with van der Waals surface area (Å²) < 4.78 is 0. The number of aliphatic imine (C=N–C) groups is 2. The standard InChI is InChI=1S/C10H8N2O3/c1-6-3-8(11-4-13)9(12-5-14)7(2)10(6)15/h3,15H,1-2H3. The van der Waals surface area contributed by atoms with E-state index in [9.17, 15) is 14.7 Å². The van der Waals surface area contributed by atoms with Crippen molar-refractivity contribution in [3.8, 4) is 5.75 Å². The average Bonchev–Trinajstić information content (AvgIpc) is 2.21. The Morgan fingerprint density at radius 3 is 2.33 bits per heavy atom. The number of isocyanates is 2. The zero-order chi connectivity index (χ0) is 11.4. The van der Waals surface area contributed by atoms with Crippen LogP contribution in [0.4, 0.5) is 11.4 Å². The lowest BCUT2D eigenvalue weighted by atomic mass is 10.1. The number of phenolic OH excluding ortho intramolecular Hbond substituents is 1. The van der Waals surface area contributed by atoms with Crippen molar-refractivity contribution in [3.05, 3.63) is 17.2 Å². The van der Waals surface area contributed by atoms with Crippen LogP contribution in [0.2, 0.25) is 0 Å². The van der Waals surface area contributed by atoms with Gasteiger partial charge in [-0.2, -0.15) is 9.98 Å². The van der Waals surface area contributed by atoms with Gasteiger partial charge in [0.15, 0.2) is 0 Å². The maximum atomic E-state index is 10.2. The molecule has 0 fully saturated rings. The minimum Gasteiger partial charge on any atom is -0.507 e. The van der Waals surface area contributed by atoms with Crippen LogP contribution in [0.1, 0.15) is 11.1 Å². The fourth-order valence-corrected chi connectivity index (χ4v) is 1.26. The van der Waals surface area contributed by atoms with Gasteiger partial charge in [0.05, 0.1) is 0 Å². The number of hydrogen-bond donors (Lipinski definition) is 1. The predicted molar refractivity (Wildman–Crippen MR) is 53.1 cm³/mol. The third-order valence-corrected chi connectivity index (χ3v) is 2.00. The smallest absolute Gasteiger partial charge is 0.240 e. The third kappa shape index (κ3) is 1.99. The van der Waals surface area contributed by atoms with E-state index in [1.54, 1.807) is 13.8 Å². The Morgan fingerprint density at radius 2 is 1.80 bits per heavy atom. The molecule has 5 heteroatoms. The highest BCUT2D eigenvalue weighted by atomic mass is 16.3. The number of hydrogen-bond acceptors (Lipinski definition) is 5. The monoisotopic (exact) mass is 204 g/mol. The number of carbonyl (C=O) groups excluding carboxylic acids is 2. The van der Waals surface area contributed by atoms with Crippen molar-refractivity contribution < 1.29 is 14.7 Å². The Morgan fingerprint density at radius 1 is 1.20 bits per heavy atom. The number of phenols is 1. The fourth-order valence-electron chi connectivity index (χ4n) is 1.26. The minimum atomic E-state index is 0.0221. The molecule has 1 rings (SSSR count). The Bertz CT molecular complexity index is 496. The van der Waals surface area contributed by atoms with Crippen LogP contribution in [-0.4, -0.2) is 17.3 Å². The Kier molecular flexibility index (Phi) is 3.13. The van der Waals surface area contributed by atoms with Crippen molar-refractivity contribution in [1.29, 1.82) is 0 Å². The quantitative estimate of drug-likeness (QED) is 0.590. The largest absolute Gasteiger partial charge is 0.507 e. The molecular weight excluding hydrogens is 196 g/mol. The average molecular weight is 204 g/mol. The summed E-state index contributed by atoms with van der Waals surface area (Å²) in [6.45, 7) is 3.23. The van der Waals surface area contributed by atoms with E-state index in [0.717, 1.165) is 0 Å². The topological polar surface area (TPSA) is 79.1 Å². The summed E-state index contributed by atoms with van der Waals surface area (Å²) in [4.78, 5) is 27.1. The summed E-state index contributed by atoms with van der Waals surface area (Å²) in [6.07, 6.45) is 2.70. The summed E-state index contributed by atoms with van der Waals surface area (Å²) in [5.74, 6) is 0.0221. The van der Waals surface area contributed by atoms with Gasteiger partial charge in [-0.05, 0) is 25.5 Å². The zero-order valence-corrected chi connectivity index (χ0v) is 8.24. The summed E-state index contributed by atoms with van der Waals surface area (Å²) in [5, 5.41) is 9.58. The van der Waals surface area contributed by atoms with Crippen molar-refractivity contribution in [2.45, 2.75) is 13.8 Å². The molecule has 0 aliphatic carbocycles. The van der Waals surface area contributed by atoms with E-state index in [4.69, 9.17) is 0 Å². The molecule has 0 amide bonds. The number of nitrogens with zero attached hydrogens (tertiary/aromatic N) is 2.